The van der Waals surface area contributed by atoms with Gasteiger partial charge < -0.3 is 9.64 Å². The molecular formula is C22H19F3N4O5S2. The molecule has 0 spiro atoms. The molecule has 9 nitrogen and oxygen atoms in total. The number of rotatable bonds is 7. The molecule has 0 radical (unpaired) electrons. The first-order valence-electron chi connectivity index (χ1n) is 10.3. The summed E-state index contributed by atoms with van der Waals surface area (Å²) in [5.41, 5.74) is -0.765. The monoisotopic (exact) mass is 540 g/mol. The van der Waals surface area contributed by atoms with Crippen LogP contribution in [0.3, 0.4) is 0 Å². The molecule has 0 aliphatic carbocycles. The normalized spacial score (nSPS) is 15.9. The Morgan fingerprint density at radius 3 is 2.42 bits per heavy atom. The van der Waals surface area contributed by atoms with E-state index in [2.05, 4.69) is 14.4 Å². The molecule has 190 valence electrons. The highest BCUT2D eigenvalue weighted by molar-refractivity contribution is 7.94. The molecule has 1 saturated heterocycles. The van der Waals surface area contributed by atoms with Crippen LogP contribution in [0.2, 0.25) is 0 Å². The van der Waals surface area contributed by atoms with Crippen molar-refractivity contribution >= 4 is 44.7 Å². The van der Waals surface area contributed by atoms with E-state index in [1.54, 1.807) is 11.4 Å². The summed E-state index contributed by atoms with van der Waals surface area (Å²) >= 11 is 1.03. The molecule has 0 saturated carbocycles. The zero-order valence-corrected chi connectivity index (χ0v) is 20.4. The van der Waals surface area contributed by atoms with Crippen LogP contribution < -0.4 is 14.4 Å². The van der Waals surface area contributed by atoms with Crippen LogP contribution in [0.1, 0.15) is 19.4 Å². The molecule has 14 heteroatoms. The molecule has 1 N–H and O–H groups in total. The van der Waals surface area contributed by atoms with E-state index in [1.807, 2.05) is 0 Å². The number of thiophene rings is 1. The Bertz CT molecular complexity index is 1390. The highest BCUT2D eigenvalue weighted by Crippen LogP contribution is 2.35. The van der Waals surface area contributed by atoms with Gasteiger partial charge in [-0.1, -0.05) is 6.07 Å². The number of carbonyl (C=O) groups is 2. The fourth-order valence-electron chi connectivity index (χ4n) is 3.56. The lowest BCUT2D eigenvalue weighted by atomic mass is 10.0. The average molecular weight is 541 g/mol. The fourth-order valence-corrected chi connectivity index (χ4v) is 5.64. The number of benzene rings is 1. The lowest BCUT2D eigenvalue weighted by molar-refractivity contribution is -0.274. The number of pyridine rings is 1. The molecule has 0 bridgehead atoms. The summed E-state index contributed by atoms with van der Waals surface area (Å²) in [6.07, 6.45) is -2.16. The summed E-state index contributed by atoms with van der Waals surface area (Å²) in [6, 6.07) is 8.17. The third-order valence-corrected chi connectivity index (χ3v) is 8.16. The molecule has 0 atom stereocenters. The molecule has 2 aromatic heterocycles. The van der Waals surface area contributed by atoms with Crippen LogP contribution in [0, 0.1) is 0 Å². The van der Waals surface area contributed by atoms with E-state index in [0.717, 1.165) is 28.4 Å². The minimum absolute atomic E-state index is 0.0587. The van der Waals surface area contributed by atoms with Crippen molar-refractivity contribution in [1.29, 1.82) is 0 Å². The summed E-state index contributed by atoms with van der Waals surface area (Å²) in [5.74, 6) is -1.10. The van der Waals surface area contributed by atoms with E-state index in [1.165, 1.54) is 55.4 Å². The largest absolute Gasteiger partial charge is 0.573 e. The number of imide groups is 1. The quantitative estimate of drug-likeness (QED) is 0.439. The van der Waals surface area contributed by atoms with Crippen LogP contribution in [-0.2, 0) is 21.4 Å². The van der Waals surface area contributed by atoms with Crippen molar-refractivity contribution in [3.63, 3.8) is 0 Å². The number of urea groups is 1. The van der Waals surface area contributed by atoms with Crippen LogP contribution in [-0.4, -0.2) is 42.1 Å². The molecular weight excluding hydrogens is 521 g/mol. The second kappa shape index (κ2) is 9.09. The van der Waals surface area contributed by atoms with Crippen LogP contribution in [0.4, 0.5) is 29.3 Å². The minimum atomic E-state index is -4.88. The smallest absolute Gasteiger partial charge is 0.406 e. The van der Waals surface area contributed by atoms with Gasteiger partial charge in [-0.2, -0.15) is 0 Å². The number of carbonyl (C=O) groups excluding carboxylic acids is 2. The first-order valence-corrected chi connectivity index (χ1v) is 12.7. The van der Waals surface area contributed by atoms with Crippen molar-refractivity contribution in [2.45, 2.75) is 36.5 Å². The van der Waals surface area contributed by atoms with Gasteiger partial charge in [-0.25, -0.2) is 18.1 Å². The molecule has 36 heavy (non-hydrogen) atoms. The first-order chi connectivity index (χ1) is 16.8. The Kier molecular flexibility index (Phi) is 6.43. The van der Waals surface area contributed by atoms with Gasteiger partial charge in [0, 0.05) is 6.20 Å². The molecule has 1 aliphatic rings. The number of anilines is 2. The summed E-state index contributed by atoms with van der Waals surface area (Å²) in [5, 5.41) is 1.62. The second-order valence-corrected chi connectivity index (χ2v) is 11.0. The van der Waals surface area contributed by atoms with Gasteiger partial charge in [0.05, 0.1) is 24.1 Å². The van der Waals surface area contributed by atoms with Crippen molar-refractivity contribution in [2.24, 2.45) is 0 Å². The maximum absolute atomic E-state index is 13.3. The zero-order chi connectivity index (χ0) is 26.3. The van der Waals surface area contributed by atoms with Crippen molar-refractivity contribution in [2.75, 3.05) is 9.62 Å². The van der Waals surface area contributed by atoms with Gasteiger partial charge in [0.15, 0.2) is 0 Å². The Hall–Kier alpha value is -3.65. The van der Waals surface area contributed by atoms with Gasteiger partial charge in [-0.15, -0.1) is 24.5 Å². The number of hydrogen-bond acceptors (Lipinski definition) is 7. The summed E-state index contributed by atoms with van der Waals surface area (Å²) in [7, 11) is -3.89. The minimum Gasteiger partial charge on any atom is -0.406 e. The van der Waals surface area contributed by atoms with Crippen LogP contribution >= 0.6 is 11.3 Å². The summed E-state index contributed by atoms with van der Waals surface area (Å²) < 4.78 is 69.1. The molecule has 3 heterocycles. The fraction of sp³-hybridized carbons (Fsp3) is 0.227. The number of ether oxygens (including phenoxy) is 1. The standard InChI is InChI=1S/C22H19F3N4O5S2/c1-21(2)19(30)29(15-5-7-16(8-6-15)34-22(23,24)25)20(31)28(21)13-14-9-10-26-12-17(14)27-36(32,33)18-4-3-11-35-18/h3-12,27H,13H2,1-2H3. The van der Waals surface area contributed by atoms with E-state index < -0.39 is 39.6 Å². The molecule has 4 rings (SSSR count). The van der Waals surface area contributed by atoms with Crippen LogP contribution in [0.15, 0.2) is 64.4 Å². The van der Waals surface area contributed by atoms with Gasteiger partial charge in [0.2, 0.25) is 0 Å². The van der Waals surface area contributed by atoms with Gasteiger partial charge >= 0.3 is 12.4 Å². The number of amides is 3. The van der Waals surface area contributed by atoms with E-state index in [4.69, 9.17) is 0 Å². The number of nitrogens with one attached hydrogen (secondary N) is 1. The predicted molar refractivity (Wildman–Crippen MR) is 125 cm³/mol. The van der Waals surface area contributed by atoms with Gasteiger partial charge in [0.25, 0.3) is 15.9 Å². The van der Waals surface area contributed by atoms with E-state index in [-0.39, 0.29) is 22.1 Å². The summed E-state index contributed by atoms with van der Waals surface area (Å²) in [4.78, 5) is 32.5. The van der Waals surface area contributed by atoms with Gasteiger partial charge in [-0.05, 0) is 61.2 Å². The van der Waals surface area contributed by atoms with Crippen molar-refractivity contribution in [1.82, 2.24) is 9.88 Å². The van der Waals surface area contributed by atoms with E-state index in [0.29, 0.717) is 5.56 Å². The molecule has 1 fully saturated rings. The molecule has 3 amide bonds. The van der Waals surface area contributed by atoms with E-state index in [9.17, 15) is 31.2 Å². The maximum Gasteiger partial charge on any atom is 0.573 e. The zero-order valence-electron chi connectivity index (χ0n) is 18.8. The van der Waals surface area contributed by atoms with Crippen molar-refractivity contribution in [3.8, 4) is 5.75 Å². The van der Waals surface area contributed by atoms with Crippen LogP contribution in [0.25, 0.3) is 0 Å². The van der Waals surface area contributed by atoms with Crippen molar-refractivity contribution in [3.05, 3.63) is 65.8 Å². The van der Waals surface area contributed by atoms with Gasteiger partial charge in [0.1, 0.15) is 15.5 Å². The average Bonchev–Trinajstić information content (AvgIpc) is 3.39. The lowest BCUT2D eigenvalue weighted by Crippen LogP contribution is -2.43. The molecule has 3 aromatic rings. The Morgan fingerprint density at radius 1 is 1.11 bits per heavy atom. The second-order valence-electron chi connectivity index (χ2n) is 8.18. The number of alkyl halides is 3. The topological polar surface area (TPSA) is 109 Å². The predicted octanol–water partition coefficient (Wildman–Crippen LogP) is 4.59. The maximum atomic E-state index is 13.3. The Morgan fingerprint density at radius 2 is 1.81 bits per heavy atom. The molecule has 0 unspecified atom stereocenters. The Balaban J connectivity index is 1.60. The van der Waals surface area contributed by atoms with Gasteiger partial charge in [-0.3, -0.25) is 14.5 Å². The number of sulfonamides is 1. The molecule has 1 aromatic carbocycles. The lowest BCUT2D eigenvalue weighted by Gasteiger charge is -2.28. The number of halogens is 3. The van der Waals surface area contributed by atoms with Crippen LogP contribution in [0.5, 0.6) is 5.75 Å². The molecule has 1 aliphatic heterocycles. The highest BCUT2D eigenvalue weighted by Gasteiger charge is 2.52. The number of aromatic nitrogens is 1. The number of hydrogen-bond donors (Lipinski definition) is 1. The summed E-state index contributed by atoms with van der Waals surface area (Å²) in [6.45, 7) is 2.89. The highest BCUT2D eigenvalue weighted by atomic mass is 32.2. The van der Waals surface area contributed by atoms with E-state index >= 15 is 0 Å². The Labute approximate surface area is 208 Å². The SMILES string of the molecule is CC1(C)C(=O)N(c2ccc(OC(F)(F)F)cc2)C(=O)N1Cc1ccncc1NS(=O)(=O)c1cccs1. The number of nitrogens with zero attached hydrogens (tertiary/aromatic N) is 3. The third kappa shape index (κ3) is 4.99. The first kappa shape index (κ1) is 25.4. The van der Waals surface area contributed by atoms with Crippen molar-refractivity contribution < 1.29 is 35.9 Å². The third-order valence-electron chi connectivity index (χ3n) is 5.40.